The highest BCUT2D eigenvalue weighted by atomic mass is 19.1. The molecule has 1 saturated carbocycles. The van der Waals surface area contributed by atoms with Crippen LogP contribution in [0.3, 0.4) is 0 Å². The van der Waals surface area contributed by atoms with Crippen LogP contribution in [0.5, 0.6) is 5.75 Å². The van der Waals surface area contributed by atoms with Crippen LogP contribution in [0.25, 0.3) is 10.9 Å². The Morgan fingerprint density at radius 3 is 2.76 bits per heavy atom. The van der Waals surface area contributed by atoms with E-state index in [0.29, 0.717) is 12.1 Å². The molecule has 1 aliphatic carbocycles. The van der Waals surface area contributed by atoms with Crippen molar-refractivity contribution in [3.05, 3.63) is 33.9 Å². The van der Waals surface area contributed by atoms with Gasteiger partial charge >= 0.3 is 5.97 Å². The minimum atomic E-state index is -1.33. The van der Waals surface area contributed by atoms with Gasteiger partial charge in [0.1, 0.15) is 11.3 Å². The number of halogens is 1. The van der Waals surface area contributed by atoms with Gasteiger partial charge in [0.25, 0.3) is 0 Å². The first-order valence-electron chi connectivity index (χ1n) is 8.03. The number of nitrogens with zero attached hydrogens (tertiary/aromatic N) is 1. The number of benzene rings is 1. The molecular weight excluding hydrogens is 329 g/mol. The van der Waals surface area contributed by atoms with E-state index in [1.165, 1.54) is 13.3 Å². The van der Waals surface area contributed by atoms with Crippen molar-refractivity contribution >= 4 is 22.6 Å². The van der Waals surface area contributed by atoms with Gasteiger partial charge in [0.2, 0.25) is 5.43 Å². The average Bonchev–Trinajstić information content (AvgIpc) is 3.37. The molecule has 0 bridgehead atoms. The fourth-order valence-electron chi connectivity index (χ4n) is 2.87. The van der Waals surface area contributed by atoms with Crippen LogP contribution in [0, 0.1) is 5.82 Å². The lowest BCUT2D eigenvalue weighted by atomic mass is 10.1. The highest BCUT2D eigenvalue weighted by Gasteiger charge is 2.30. The van der Waals surface area contributed by atoms with E-state index in [9.17, 15) is 19.1 Å². The van der Waals surface area contributed by atoms with Crippen molar-refractivity contribution in [3.8, 4) is 5.75 Å². The predicted octanol–water partition coefficient (Wildman–Crippen LogP) is 1.94. The van der Waals surface area contributed by atoms with Crippen LogP contribution in [-0.2, 0) is 0 Å². The minimum Gasteiger partial charge on any atom is -0.492 e. The number of fused-ring (bicyclic) bond motifs is 1. The number of nitrogens with one attached hydrogen (secondary N) is 1. The van der Waals surface area contributed by atoms with Crippen LogP contribution in [0.15, 0.2) is 17.1 Å². The number of carboxylic acid groups (broad SMARTS) is 1. The Hall–Kier alpha value is -2.61. The van der Waals surface area contributed by atoms with Crippen molar-refractivity contribution in [3.63, 3.8) is 0 Å². The maximum absolute atomic E-state index is 14.6. The Kier molecular flexibility index (Phi) is 4.38. The summed E-state index contributed by atoms with van der Waals surface area (Å²) in [5.41, 5.74) is 5.12. The molecule has 134 valence electrons. The fraction of sp³-hybridized carbons (Fsp3) is 0.412. The third-order valence-electron chi connectivity index (χ3n) is 4.20. The largest absolute Gasteiger partial charge is 0.492 e. The highest BCUT2D eigenvalue weighted by Crippen LogP contribution is 2.42. The molecule has 1 atom stereocenters. The molecule has 0 aliphatic heterocycles. The zero-order chi connectivity index (χ0) is 18.3. The molecule has 1 aliphatic rings. The smallest absolute Gasteiger partial charge is 0.341 e. The molecule has 1 aromatic carbocycles. The third kappa shape index (κ3) is 3.05. The second kappa shape index (κ2) is 6.36. The van der Waals surface area contributed by atoms with E-state index >= 15 is 0 Å². The molecule has 1 unspecified atom stereocenters. The van der Waals surface area contributed by atoms with E-state index in [1.807, 2.05) is 0 Å². The number of anilines is 1. The van der Waals surface area contributed by atoms with Crippen LogP contribution >= 0.6 is 0 Å². The number of hydrogen-bond donors (Lipinski definition) is 3. The lowest BCUT2D eigenvalue weighted by Gasteiger charge is -2.19. The summed E-state index contributed by atoms with van der Waals surface area (Å²) in [4.78, 5) is 23.9. The molecule has 3 rings (SSSR count). The lowest BCUT2D eigenvalue weighted by Crippen LogP contribution is -2.26. The molecule has 0 amide bonds. The summed E-state index contributed by atoms with van der Waals surface area (Å²) in [6.07, 6.45) is 3.04. The molecule has 1 fully saturated rings. The summed E-state index contributed by atoms with van der Waals surface area (Å²) >= 11 is 0. The van der Waals surface area contributed by atoms with Gasteiger partial charge in [-0.3, -0.25) is 4.79 Å². The number of aromatic nitrogens is 1. The minimum absolute atomic E-state index is 0.00695. The Balaban J connectivity index is 2.34. The first-order valence-corrected chi connectivity index (χ1v) is 8.03. The topological polar surface area (TPSA) is 107 Å². The van der Waals surface area contributed by atoms with Gasteiger partial charge in [0.15, 0.2) is 11.6 Å². The Morgan fingerprint density at radius 2 is 2.24 bits per heavy atom. The monoisotopic (exact) mass is 349 g/mol. The van der Waals surface area contributed by atoms with Gasteiger partial charge in [-0.05, 0) is 25.8 Å². The third-order valence-corrected chi connectivity index (χ3v) is 4.20. The summed E-state index contributed by atoms with van der Waals surface area (Å²) in [7, 11) is 1.39. The highest BCUT2D eigenvalue weighted by molar-refractivity contribution is 5.97. The number of rotatable bonds is 6. The Labute approximate surface area is 143 Å². The Morgan fingerprint density at radius 1 is 1.56 bits per heavy atom. The van der Waals surface area contributed by atoms with Crippen LogP contribution in [0.4, 0.5) is 10.1 Å². The second-order valence-electron chi connectivity index (χ2n) is 6.34. The number of aromatic carboxylic acids is 1. The summed E-state index contributed by atoms with van der Waals surface area (Å²) in [5.74, 6) is -1.84. The van der Waals surface area contributed by atoms with Crippen LogP contribution < -0.4 is 21.2 Å². The van der Waals surface area contributed by atoms with E-state index in [1.54, 1.807) is 11.5 Å². The number of hydrogen-bond acceptors (Lipinski definition) is 5. The van der Waals surface area contributed by atoms with Crippen LogP contribution in [-0.4, -0.2) is 35.3 Å². The molecule has 2 aromatic rings. The van der Waals surface area contributed by atoms with Gasteiger partial charge in [-0.25, -0.2) is 9.18 Å². The SMILES string of the molecule is COc1c(NCC(C)N)c(F)cc2c(=O)c(C(=O)O)cn(C3CC3)c12. The standard InChI is InChI=1S/C17H20FN3O4/c1-8(19)6-20-13-12(18)5-10-14(16(13)25-2)21(9-3-4-9)7-11(15(10)22)17(23)24/h5,7-9,20H,3-4,6,19H2,1-2H3,(H,23,24). The summed E-state index contributed by atoms with van der Waals surface area (Å²) in [6.45, 7) is 2.09. The zero-order valence-corrected chi connectivity index (χ0v) is 14.0. The molecular formula is C17H20FN3O4. The van der Waals surface area contributed by atoms with Crippen LogP contribution in [0.2, 0.25) is 0 Å². The summed E-state index contributed by atoms with van der Waals surface area (Å²) in [5, 5.41) is 12.2. The second-order valence-corrected chi connectivity index (χ2v) is 6.34. The fourth-order valence-corrected chi connectivity index (χ4v) is 2.87. The zero-order valence-electron chi connectivity index (χ0n) is 14.0. The lowest BCUT2D eigenvalue weighted by molar-refractivity contribution is 0.0695. The molecule has 0 saturated heterocycles. The van der Waals surface area contributed by atoms with Gasteiger partial charge in [-0.2, -0.15) is 0 Å². The van der Waals surface area contributed by atoms with Crippen molar-refractivity contribution in [2.75, 3.05) is 19.0 Å². The van der Waals surface area contributed by atoms with Gasteiger partial charge in [-0.15, -0.1) is 0 Å². The van der Waals surface area contributed by atoms with E-state index in [0.717, 1.165) is 18.9 Å². The van der Waals surface area contributed by atoms with Crippen molar-refractivity contribution in [1.29, 1.82) is 0 Å². The number of nitrogens with two attached hydrogens (primary N) is 1. The maximum atomic E-state index is 14.6. The molecule has 7 nitrogen and oxygen atoms in total. The van der Waals surface area contributed by atoms with Gasteiger partial charge in [0, 0.05) is 24.8 Å². The van der Waals surface area contributed by atoms with E-state index in [4.69, 9.17) is 10.5 Å². The number of pyridine rings is 1. The molecule has 25 heavy (non-hydrogen) atoms. The predicted molar refractivity (Wildman–Crippen MR) is 92.1 cm³/mol. The normalized spacial score (nSPS) is 15.2. The molecule has 0 radical (unpaired) electrons. The van der Waals surface area contributed by atoms with E-state index < -0.39 is 17.2 Å². The number of ether oxygens (including phenoxy) is 1. The molecule has 4 N–H and O–H groups in total. The van der Waals surface area contributed by atoms with Crippen molar-refractivity contribution in [2.45, 2.75) is 31.8 Å². The summed E-state index contributed by atoms with van der Waals surface area (Å²) < 4.78 is 21.7. The van der Waals surface area contributed by atoms with E-state index in [2.05, 4.69) is 5.32 Å². The molecule has 1 aromatic heterocycles. The van der Waals surface area contributed by atoms with Crippen molar-refractivity contribution in [1.82, 2.24) is 4.57 Å². The Bertz CT molecular complexity index is 903. The quantitative estimate of drug-likeness (QED) is 0.736. The first-order chi connectivity index (χ1) is 11.8. The molecule has 0 spiro atoms. The number of carboxylic acids is 1. The van der Waals surface area contributed by atoms with E-state index in [-0.39, 0.29) is 34.5 Å². The van der Waals surface area contributed by atoms with Gasteiger partial charge in [0.05, 0.1) is 18.0 Å². The molecule has 8 heteroatoms. The summed E-state index contributed by atoms with van der Waals surface area (Å²) in [6, 6.07) is 0.927. The van der Waals surface area contributed by atoms with Gasteiger partial charge in [-0.1, -0.05) is 0 Å². The number of carbonyl (C=O) groups is 1. The van der Waals surface area contributed by atoms with Crippen molar-refractivity contribution < 1.29 is 19.0 Å². The van der Waals surface area contributed by atoms with Crippen LogP contribution in [0.1, 0.15) is 36.2 Å². The number of methoxy groups -OCH3 is 1. The average molecular weight is 349 g/mol. The first kappa shape index (κ1) is 17.2. The van der Waals surface area contributed by atoms with Gasteiger partial charge < -0.3 is 25.5 Å². The molecule has 1 heterocycles. The van der Waals surface area contributed by atoms with Crippen molar-refractivity contribution in [2.24, 2.45) is 5.73 Å². The maximum Gasteiger partial charge on any atom is 0.341 e.